The molecule has 0 saturated carbocycles. The first-order valence-electron chi connectivity index (χ1n) is 8.71. The molecule has 0 saturated heterocycles. The van der Waals surface area contributed by atoms with E-state index < -0.39 is 0 Å². The molecule has 0 spiro atoms. The van der Waals surface area contributed by atoms with Crippen LogP contribution in [0.25, 0.3) is 33.4 Å². The van der Waals surface area contributed by atoms with Gasteiger partial charge in [-0.05, 0) is 47.4 Å². The Morgan fingerprint density at radius 1 is 0.960 bits per heavy atom. The summed E-state index contributed by atoms with van der Waals surface area (Å²) in [4.78, 5) is 0. The Kier molecular flexibility index (Phi) is 3.36. The van der Waals surface area contributed by atoms with E-state index >= 15 is 0 Å². The van der Waals surface area contributed by atoms with Gasteiger partial charge < -0.3 is 4.57 Å². The van der Waals surface area contributed by atoms with Crippen molar-refractivity contribution < 1.29 is 0 Å². The molecule has 0 bridgehead atoms. The van der Waals surface area contributed by atoms with Crippen LogP contribution in [0.1, 0.15) is 18.2 Å². The molecule has 0 unspecified atom stereocenters. The minimum atomic E-state index is 0.569. The van der Waals surface area contributed by atoms with Crippen molar-refractivity contribution in [3.63, 3.8) is 0 Å². The summed E-state index contributed by atoms with van der Waals surface area (Å²) in [6.07, 6.45) is 5.71. The molecule has 1 aliphatic carbocycles. The zero-order chi connectivity index (χ0) is 17.0. The van der Waals surface area contributed by atoms with E-state index in [0.29, 0.717) is 5.92 Å². The molecule has 0 fully saturated rings. The van der Waals surface area contributed by atoms with Crippen molar-refractivity contribution in [3.05, 3.63) is 82.5 Å². The van der Waals surface area contributed by atoms with Crippen LogP contribution in [0, 0.1) is 5.92 Å². The molecule has 5 rings (SSSR count). The summed E-state index contributed by atoms with van der Waals surface area (Å²) in [6, 6.07) is 21.9. The van der Waals surface area contributed by atoms with E-state index in [-0.39, 0.29) is 0 Å². The number of fused-ring (bicyclic) bond motifs is 4. The molecule has 0 aliphatic heterocycles. The number of halogens is 1. The normalized spacial score (nSPS) is 16.5. The lowest BCUT2D eigenvalue weighted by molar-refractivity contribution is 0.691. The Morgan fingerprint density at radius 3 is 2.68 bits per heavy atom. The van der Waals surface area contributed by atoms with Crippen LogP contribution in [0.4, 0.5) is 0 Å². The molecular weight excluding hydrogens is 370 g/mol. The summed E-state index contributed by atoms with van der Waals surface area (Å²) in [5.41, 5.74) is 5.30. The van der Waals surface area contributed by atoms with E-state index in [4.69, 9.17) is 0 Å². The highest BCUT2D eigenvalue weighted by atomic mass is 79.9. The van der Waals surface area contributed by atoms with Crippen LogP contribution in [0.5, 0.6) is 0 Å². The fraction of sp³-hybridized carbons (Fsp3) is 0.130. The van der Waals surface area contributed by atoms with Gasteiger partial charge >= 0.3 is 0 Å². The van der Waals surface area contributed by atoms with Gasteiger partial charge in [-0.15, -0.1) is 0 Å². The molecule has 3 aromatic carbocycles. The van der Waals surface area contributed by atoms with Gasteiger partial charge in [0.25, 0.3) is 0 Å². The zero-order valence-electron chi connectivity index (χ0n) is 14.0. The minimum Gasteiger partial charge on any atom is -0.313 e. The fourth-order valence-electron chi connectivity index (χ4n) is 3.97. The van der Waals surface area contributed by atoms with Gasteiger partial charge in [-0.2, -0.15) is 0 Å². The van der Waals surface area contributed by atoms with Gasteiger partial charge in [0.05, 0.1) is 5.52 Å². The molecule has 1 atom stereocenters. The minimum absolute atomic E-state index is 0.569. The second-order valence-corrected chi connectivity index (χ2v) is 7.84. The number of hydrogen-bond acceptors (Lipinski definition) is 0. The van der Waals surface area contributed by atoms with E-state index in [1.807, 2.05) is 0 Å². The van der Waals surface area contributed by atoms with Crippen molar-refractivity contribution in [3.8, 4) is 5.69 Å². The van der Waals surface area contributed by atoms with Crippen molar-refractivity contribution in [1.29, 1.82) is 0 Å². The van der Waals surface area contributed by atoms with Gasteiger partial charge in [0, 0.05) is 26.8 Å². The van der Waals surface area contributed by atoms with Gasteiger partial charge in [0.15, 0.2) is 0 Å². The first-order valence-corrected chi connectivity index (χ1v) is 9.50. The average Bonchev–Trinajstić information content (AvgIpc) is 2.93. The summed E-state index contributed by atoms with van der Waals surface area (Å²) in [5, 5.41) is 3.89. The Bertz CT molecular complexity index is 1150. The van der Waals surface area contributed by atoms with Crippen LogP contribution < -0.4 is 0 Å². The Morgan fingerprint density at radius 2 is 1.80 bits per heavy atom. The Labute approximate surface area is 155 Å². The molecule has 1 aromatic heterocycles. The van der Waals surface area contributed by atoms with Gasteiger partial charge in [0.1, 0.15) is 0 Å². The molecule has 2 heteroatoms. The molecule has 1 nitrogen and oxygen atoms in total. The van der Waals surface area contributed by atoms with E-state index in [0.717, 1.165) is 10.9 Å². The SMILES string of the molecule is C[C@H]1C=Cc2c(n(-c3ccc4ccccc4c3)c3cc(Br)ccc23)C1. The summed E-state index contributed by atoms with van der Waals surface area (Å²) in [7, 11) is 0. The highest BCUT2D eigenvalue weighted by Gasteiger charge is 2.21. The molecule has 4 aromatic rings. The lowest BCUT2D eigenvalue weighted by atomic mass is 9.95. The first-order chi connectivity index (χ1) is 12.2. The zero-order valence-corrected chi connectivity index (χ0v) is 15.6. The summed E-state index contributed by atoms with van der Waals surface area (Å²) in [6.45, 7) is 2.29. The number of benzene rings is 3. The average molecular weight is 388 g/mol. The molecule has 25 heavy (non-hydrogen) atoms. The molecule has 122 valence electrons. The summed E-state index contributed by atoms with van der Waals surface area (Å²) < 4.78 is 3.57. The molecule has 0 radical (unpaired) electrons. The number of aromatic nitrogens is 1. The van der Waals surface area contributed by atoms with Gasteiger partial charge in [-0.1, -0.05) is 71.4 Å². The highest BCUT2D eigenvalue weighted by Crippen LogP contribution is 2.37. The summed E-state index contributed by atoms with van der Waals surface area (Å²) in [5.74, 6) is 0.569. The van der Waals surface area contributed by atoms with E-state index in [1.165, 1.54) is 38.6 Å². The van der Waals surface area contributed by atoms with Crippen LogP contribution in [-0.4, -0.2) is 4.57 Å². The number of allylic oxidation sites excluding steroid dienone is 1. The maximum absolute atomic E-state index is 3.65. The molecule has 1 aliphatic rings. The Balaban J connectivity index is 1.86. The van der Waals surface area contributed by atoms with Crippen LogP contribution in [-0.2, 0) is 6.42 Å². The Hall–Kier alpha value is -2.32. The smallest absolute Gasteiger partial charge is 0.0548 e. The van der Waals surface area contributed by atoms with Crippen LogP contribution in [0.15, 0.2) is 71.2 Å². The van der Waals surface area contributed by atoms with Gasteiger partial charge in [-0.25, -0.2) is 0 Å². The van der Waals surface area contributed by atoms with E-state index in [2.05, 4.69) is 100 Å². The molecule has 0 amide bonds. The van der Waals surface area contributed by atoms with Gasteiger partial charge in [0.2, 0.25) is 0 Å². The molecule has 1 heterocycles. The largest absolute Gasteiger partial charge is 0.313 e. The molecular formula is C23H18BrN. The number of rotatable bonds is 1. The lowest BCUT2D eigenvalue weighted by Gasteiger charge is -2.17. The van der Waals surface area contributed by atoms with E-state index in [1.54, 1.807) is 0 Å². The van der Waals surface area contributed by atoms with Crippen molar-refractivity contribution in [2.75, 3.05) is 0 Å². The topological polar surface area (TPSA) is 4.93 Å². The van der Waals surface area contributed by atoms with E-state index in [9.17, 15) is 0 Å². The van der Waals surface area contributed by atoms with Crippen molar-refractivity contribution in [2.45, 2.75) is 13.3 Å². The third kappa shape index (κ3) is 2.36. The monoisotopic (exact) mass is 387 g/mol. The van der Waals surface area contributed by atoms with Crippen molar-refractivity contribution in [2.24, 2.45) is 5.92 Å². The lowest BCUT2D eigenvalue weighted by Crippen LogP contribution is -2.08. The second kappa shape index (κ2) is 5.60. The summed E-state index contributed by atoms with van der Waals surface area (Å²) >= 11 is 3.65. The maximum atomic E-state index is 3.65. The third-order valence-electron chi connectivity index (χ3n) is 5.17. The van der Waals surface area contributed by atoms with Crippen molar-refractivity contribution in [1.82, 2.24) is 4.57 Å². The number of hydrogen-bond donors (Lipinski definition) is 0. The van der Waals surface area contributed by atoms with Crippen LogP contribution in [0.2, 0.25) is 0 Å². The highest BCUT2D eigenvalue weighted by molar-refractivity contribution is 9.10. The fourth-order valence-corrected chi connectivity index (χ4v) is 4.32. The second-order valence-electron chi connectivity index (χ2n) is 6.93. The predicted molar refractivity (Wildman–Crippen MR) is 110 cm³/mol. The van der Waals surface area contributed by atoms with Crippen LogP contribution in [0.3, 0.4) is 0 Å². The predicted octanol–water partition coefficient (Wildman–Crippen LogP) is 6.75. The number of nitrogens with zero attached hydrogens (tertiary/aromatic N) is 1. The standard InChI is InChI=1S/C23H18BrN/c1-15-6-10-20-21-11-8-18(24)14-23(21)25(22(20)12-15)19-9-7-16-4-2-3-5-17(16)13-19/h2-11,13-15H,12H2,1H3/t15-/m0/s1. The van der Waals surface area contributed by atoms with Crippen LogP contribution >= 0.6 is 15.9 Å². The molecule has 0 N–H and O–H groups in total. The first kappa shape index (κ1) is 15.0. The third-order valence-corrected chi connectivity index (χ3v) is 5.66. The van der Waals surface area contributed by atoms with Gasteiger partial charge in [-0.3, -0.25) is 0 Å². The quantitative estimate of drug-likeness (QED) is 0.340. The maximum Gasteiger partial charge on any atom is 0.0548 e. The van der Waals surface area contributed by atoms with Crippen molar-refractivity contribution >= 4 is 43.7 Å².